The molecule has 94 valence electrons. The van der Waals surface area contributed by atoms with Crippen LogP contribution in [-0.4, -0.2) is 20.2 Å². The van der Waals surface area contributed by atoms with Gasteiger partial charge < -0.3 is 10.1 Å². The van der Waals surface area contributed by atoms with E-state index < -0.39 is 0 Å². The average Bonchev–Trinajstić information content (AvgIpc) is 2.39. The molecule has 1 aliphatic rings. The zero-order chi connectivity index (χ0) is 12.3. The third-order valence-electron chi connectivity index (χ3n) is 3.62. The molecule has 1 aromatic carbocycles. The Kier molecular flexibility index (Phi) is 4.06. The van der Waals surface area contributed by atoms with Crippen molar-refractivity contribution in [2.45, 2.75) is 38.5 Å². The van der Waals surface area contributed by atoms with E-state index in [0.717, 1.165) is 18.8 Å². The van der Waals surface area contributed by atoms with Crippen molar-refractivity contribution in [2.24, 2.45) is 0 Å². The number of rotatable bonds is 3. The van der Waals surface area contributed by atoms with Crippen molar-refractivity contribution in [1.29, 1.82) is 0 Å². The Hall–Kier alpha value is -1.02. The molecule has 0 aromatic heterocycles. The van der Waals surface area contributed by atoms with Gasteiger partial charge in [-0.25, -0.2) is 0 Å². The quantitative estimate of drug-likeness (QED) is 0.865. The summed E-state index contributed by atoms with van der Waals surface area (Å²) in [6.45, 7) is 6.73. The van der Waals surface area contributed by atoms with Gasteiger partial charge in [-0.15, -0.1) is 0 Å². The molecule has 0 spiro atoms. The molecule has 0 radical (unpaired) electrons. The minimum absolute atomic E-state index is 0.556. The molecule has 1 fully saturated rings. The molecule has 17 heavy (non-hydrogen) atoms. The van der Waals surface area contributed by atoms with Crippen molar-refractivity contribution < 1.29 is 4.74 Å². The highest BCUT2D eigenvalue weighted by atomic mass is 16.5. The van der Waals surface area contributed by atoms with Gasteiger partial charge >= 0.3 is 0 Å². The monoisotopic (exact) mass is 233 g/mol. The molecule has 2 nitrogen and oxygen atoms in total. The van der Waals surface area contributed by atoms with E-state index in [2.05, 4.69) is 37.4 Å². The SMILES string of the molecule is COc1cc(C(C)C)cc(C2CCCNC2)c1. The van der Waals surface area contributed by atoms with Crippen LogP contribution >= 0.6 is 0 Å². The molecule has 0 bridgehead atoms. The Balaban J connectivity index is 2.28. The molecular formula is C15H23NO. The summed E-state index contributed by atoms with van der Waals surface area (Å²) in [5.74, 6) is 2.20. The first-order valence-corrected chi connectivity index (χ1v) is 6.60. The molecule has 0 saturated carbocycles. The smallest absolute Gasteiger partial charge is 0.119 e. The fraction of sp³-hybridized carbons (Fsp3) is 0.600. The van der Waals surface area contributed by atoms with E-state index in [1.807, 2.05) is 0 Å². The Morgan fingerprint density at radius 3 is 2.71 bits per heavy atom. The maximum Gasteiger partial charge on any atom is 0.119 e. The second kappa shape index (κ2) is 5.54. The molecule has 1 unspecified atom stereocenters. The molecule has 2 heteroatoms. The van der Waals surface area contributed by atoms with Crippen LogP contribution in [0.3, 0.4) is 0 Å². The second-order valence-electron chi connectivity index (χ2n) is 5.24. The van der Waals surface area contributed by atoms with Crippen LogP contribution in [0.1, 0.15) is 49.7 Å². The van der Waals surface area contributed by atoms with Crippen LogP contribution in [0.4, 0.5) is 0 Å². The normalized spacial score (nSPS) is 20.6. The maximum atomic E-state index is 5.42. The van der Waals surface area contributed by atoms with Crippen LogP contribution in [0.5, 0.6) is 5.75 Å². The predicted molar refractivity (Wildman–Crippen MR) is 71.9 cm³/mol. The highest BCUT2D eigenvalue weighted by molar-refractivity contribution is 5.38. The van der Waals surface area contributed by atoms with E-state index >= 15 is 0 Å². The lowest BCUT2D eigenvalue weighted by atomic mass is 9.89. The van der Waals surface area contributed by atoms with Crippen molar-refractivity contribution >= 4 is 0 Å². The minimum atomic E-state index is 0.556. The highest BCUT2D eigenvalue weighted by Gasteiger charge is 2.17. The van der Waals surface area contributed by atoms with Gasteiger partial charge in [-0.05, 0) is 54.5 Å². The number of hydrogen-bond acceptors (Lipinski definition) is 2. The van der Waals surface area contributed by atoms with E-state index in [1.54, 1.807) is 7.11 Å². The number of ether oxygens (including phenoxy) is 1. The van der Waals surface area contributed by atoms with Crippen LogP contribution < -0.4 is 10.1 Å². The Morgan fingerprint density at radius 2 is 2.12 bits per heavy atom. The van der Waals surface area contributed by atoms with E-state index in [0.29, 0.717) is 11.8 Å². The van der Waals surface area contributed by atoms with Crippen molar-refractivity contribution in [2.75, 3.05) is 20.2 Å². The van der Waals surface area contributed by atoms with Crippen LogP contribution in [0.2, 0.25) is 0 Å². The molecule has 1 atom stereocenters. The van der Waals surface area contributed by atoms with Gasteiger partial charge in [0, 0.05) is 6.54 Å². The summed E-state index contributed by atoms with van der Waals surface area (Å²) in [5, 5.41) is 3.48. The summed E-state index contributed by atoms with van der Waals surface area (Å²) < 4.78 is 5.42. The fourth-order valence-corrected chi connectivity index (χ4v) is 2.47. The maximum absolute atomic E-state index is 5.42. The largest absolute Gasteiger partial charge is 0.497 e. The summed E-state index contributed by atoms with van der Waals surface area (Å²) in [4.78, 5) is 0. The van der Waals surface area contributed by atoms with Crippen molar-refractivity contribution in [3.05, 3.63) is 29.3 Å². The molecule has 1 saturated heterocycles. The molecule has 1 aromatic rings. The number of nitrogens with one attached hydrogen (secondary N) is 1. The van der Waals surface area contributed by atoms with Crippen molar-refractivity contribution in [1.82, 2.24) is 5.32 Å². The van der Waals surface area contributed by atoms with Crippen LogP contribution in [-0.2, 0) is 0 Å². The summed E-state index contributed by atoms with van der Waals surface area (Å²) in [6, 6.07) is 6.71. The highest BCUT2D eigenvalue weighted by Crippen LogP contribution is 2.30. The number of benzene rings is 1. The zero-order valence-corrected chi connectivity index (χ0v) is 11.1. The van der Waals surface area contributed by atoms with Crippen LogP contribution in [0.15, 0.2) is 18.2 Å². The van der Waals surface area contributed by atoms with Gasteiger partial charge in [-0.3, -0.25) is 0 Å². The Labute approximate surface area is 104 Å². The first kappa shape index (κ1) is 12.4. The molecule has 1 aliphatic heterocycles. The number of methoxy groups -OCH3 is 1. The van der Waals surface area contributed by atoms with Gasteiger partial charge in [0.15, 0.2) is 0 Å². The molecular weight excluding hydrogens is 210 g/mol. The van der Waals surface area contributed by atoms with E-state index in [1.165, 1.54) is 24.0 Å². The molecule has 1 heterocycles. The first-order valence-electron chi connectivity index (χ1n) is 6.60. The molecule has 0 amide bonds. The van der Waals surface area contributed by atoms with Gasteiger partial charge in [-0.2, -0.15) is 0 Å². The van der Waals surface area contributed by atoms with E-state index in [4.69, 9.17) is 4.74 Å². The van der Waals surface area contributed by atoms with Gasteiger partial charge in [0.2, 0.25) is 0 Å². The standard InChI is InChI=1S/C15H23NO/c1-11(2)13-7-14(9-15(8-13)17-3)12-5-4-6-16-10-12/h7-9,11-12,16H,4-6,10H2,1-3H3. The van der Waals surface area contributed by atoms with E-state index in [9.17, 15) is 0 Å². The van der Waals surface area contributed by atoms with Gasteiger partial charge in [0.25, 0.3) is 0 Å². The summed E-state index contributed by atoms with van der Waals surface area (Å²) >= 11 is 0. The average molecular weight is 233 g/mol. The Bertz CT molecular complexity index is 367. The van der Waals surface area contributed by atoms with Crippen molar-refractivity contribution in [3.63, 3.8) is 0 Å². The van der Waals surface area contributed by atoms with Crippen molar-refractivity contribution in [3.8, 4) is 5.75 Å². The predicted octanol–water partition coefficient (Wildman–Crippen LogP) is 3.29. The van der Waals surface area contributed by atoms with Gasteiger partial charge in [-0.1, -0.05) is 19.9 Å². The topological polar surface area (TPSA) is 21.3 Å². The lowest BCUT2D eigenvalue weighted by molar-refractivity contribution is 0.410. The number of piperidine rings is 1. The second-order valence-corrected chi connectivity index (χ2v) is 5.24. The van der Waals surface area contributed by atoms with Crippen LogP contribution in [0.25, 0.3) is 0 Å². The molecule has 1 N–H and O–H groups in total. The van der Waals surface area contributed by atoms with Crippen LogP contribution in [0, 0.1) is 0 Å². The summed E-state index contributed by atoms with van der Waals surface area (Å²) in [5.41, 5.74) is 2.81. The Morgan fingerprint density at radius 1 is 1.29 bits per heavy atom. The third-order valence-corrected chi connectivity index (χ3v) is 3.62. The third kappa shape index (κ3) is 3.01. The lowest BCUT2D eigenvalue weighted by Crippen LogP contribution is -2.28. The molecule has 0 aliphatic carbocycles. The summed E-state index contributed by atoms with van der Waals surface area (Å²) in [6.07, 6.45) is 2.57. The number of hydrogen-bond donors (Lipinski definition) is 1. The molecule has 2 rings (SSSR count). The van der Waals surface area contributed by atoms with E-state index in [-0.39, 0.29) is 0 Å². The lowest BCUT2D eigenvalue weighted by Gasteiger charge is -2.24. The van der Waals surface area contributed by atoms with Gasteiger partial charge in [0.05, 0.1) is 7.11 Å². The van der Waals surface area contributed by atoms with Gasteiger partial charge in [0.1, 0.15) is 5.75 Å². The first-order chi connectivity index (χ1) is 8.20. The summed E-state index contributed by atoms with van der Waals surface area (Å²) in [7, 11) is 1.75. The fourth-order valence-electron chi connectivity index (χ4n) is 2.47. The minimum Gasteiger partial charge on any atom is -0.497 e. The zero-order valence-electron chi connectivity index (χ0n) is 11.1.